The highest BCUT2D eigenvalue weighted by Gasteiger charge is 2.12. The summed E-state index contributed by atoms with van der Waals surface area (Å²) in [6, 6.07) is 11.4. The normalized spacial score (nSPS) is 11.2. The number of hydrogen-bond acceptors (Lipinski definition) is 7. The molecule has 2 aromatic carbocycles. The van der Waals surface area contributed by atoms with Gasteiger partial charge in [-0.05, 0) is 18.2 Å². The Morgan fingerprint density at radius 2 is 2.03 bits per heavy atom. The second-order valence-electron chi connectivity index (χ2n) is 6.41. The number of nitrogens with two attached hydrogens (primary N) is 1. The zero-order valence-electron chi connectivity index (χ0n) is 16.2. The van der Waals surface area contributed by atoms with Gasteiger partial charge in [0.1, 0.15) is 31.3 Å². The van der Waals surface area contributed by atoms with E-state index in [1.165, 1.54) is 18.3 Å². The van der Waals surface area contributed by atoms with Gasteiger partial charge in [0.15, 0.2) is 0 Å². The summed E-state index contributed by atoms with van der Waals surface area (Å²) < 4.78 is 31.0. The van der Waals surface area contributed by atoms with Gasteiger partial charge in [0, 0.05) is 22.9 Å². The highest BCUT2D eigenvalue weighted by Crippen LogP contribution is 2.25. The topological polar surface area (TPSA) is 123 Å². The van der Waals surface area contributed by atoms with Gasteiger partial charge >= 0.3 is 0 Å². The molecule has 0 aliphatic heterocycles. The van der Waals surface area contributed by atoms with Crippen molar-refractivity contribution in [2.75, 3.05) is 12.3 Å². The van der Waals surface area contributed by atoms with Crippen LogP contribution in [0, 0.1) is 11.3 Å². The number of rotatable bonds is 8. The Labute approximate surface area is 175 Å². The van der Waals surface area contributed by atoms with Gasteiger partial charge in [0.05, 0.1) is 23.2 Å². The molecule has 0 unspecified atom stereocenters. The molecule has 0 saturated heterocycles. The number of aliphatic imine (C=N–C) groups is 1. The third-order valence-corrected chi connectivity index (χ3v) is 4.33. The van der Waals surface area contributed by atoms with E-state index in [0.29, 0.717) is 28.3 Å². The maximum absolute atomic E-state index is 12.5. The first-order chi connectivity index (χ1) is 14.9. The van der Waals surface area contributed by atoms with Gasteiger partial charge in [-0.25, -0.2) is 13.5 Å². The third kappa shape index (κ3) is 4.90. The van der Waals surface area contributed by atoms with Crippen molar-refractivity contribution in [3.63, 3.8) is 0 Å². The molecule has 10 heteroatoms. The lowest BCUT2D eigenvalue weighted by Gasteiger charge is -2.10. The molecule has 0 radical (unpaired) electrons. The van der Waals surface area contributed by atoms with Crippen LogP contribution in [0.5, 0.6) is 5.75 Å². The Hall–Kier alpha value is -4.13. The number of anilines is 1. The van der Waals surface area contributed by atoms with E-state index in [2.05, 4.69) is 10.1 Å². The summed E-state index contributed by atoms with van der Waals surface area (Å²) in [7, 11) is 0. The zero-order chi connectivity index (χ0) is 22.4. The van der Waals surface area contributed by atoms with E-state index in [1.807, 2.05) is 6.07 Å². The number of benzene rings is 2. The molecule has 31 heavy (non-hydrogen) atoms. The molecule has 2 N–H and O–H groups in total. The van der Waals surface area contributed by atoms with E-state index in [1.54, 1.807) is 24.3 Å². The second kappa shape index (κ2) is 9.58. The number of aldehydes is 1. The lowest BCUT2D eigenvalue weighted by atomic mass is 10.1. The number of fused-ring (bicyclic) bond motifs is 1. The van der Waals surface area contributed by atoms with Crippen LogP contribution >= 0.6 is 0 Å². The third-order valence-electron chi connectivity index (χ3n) is 4.33. The van der Waals surface area contributed by atoms with Gasteiger partial charge < -0.3 is 15.3 Å². The van der Waals surface area contributed by atoms with Crippen molar-refractivity contribution in [2.24, 2.45) is 4.99 Å². The lowest BCUT2D eigenvalue weighted by molar-refractivity contribution is -0.108. The van der Waals surface area contributed by atoms with Crippen LogP contribution in [0.2, 0.25) is 0 Å². The monoisotopic (exact) mass is 425 g/mol. The second-order valence-corrected chi connectivity index (χ2v) is 6.41. The van der Waals surface area contributed by atoms with Crippen LogP contribution in [0.15, 0.2) is 46.2 Å². The van der Waals surface area contributed by atoms with E-state index in [9.17, 15) is 18.4 Å². The molecule has 3 rings (SSSR count). The summed E-state index contributed by atoms with van der Waals surface area (Å²) in [5, 5.41) is 14.4. The molecule has 8 nitrogen and oxygen atoms in total. The number of aromatic nitrogens is 2. The lowest BCUT2D eigenvalue weighted by Crippen LogP contribution is -2.25. The number of ether oxygens (including phenoxy) is 1. The highest BCUT2D eigenvalue weighted by atomic mass is 19.3. The summed E-state index contributed by atoms with van der Waals surface area (Å²) in [5.74, 6) is -0.0263. The summed E-state index contributed by atoms with van der Waals surface area (Å²) >= 11 is 0. The number of halogens is 2. The molecule has 0 aliphatic rings. The first kappa shape index (κ1) is 21.6. The fourth-order valence-corrected chi connectivity index (χ4v) is 2.93. The van der Waals surface area contributed by atoms with Crippen molar-refractivity contribution in [1.82, 2.24) is 9.78 Å². The molecule has 1 heterocycles. The average Bonchev–Trinajstić information content (AvgIpc) is 2.76. The molecule has 0 fully saturated rings. The molecule has 0 amide bonds. The zero-order valence-corrected chi connectivity index (χ0v) is 16.2. The molecule has 0 spiro atoms. The van der Waals surface area contributed by atoms with Crippen LogP contribution < -0.4 is 16.0 Å². The predicted octanol–water partition coefficient (Wildman–Crippen LogP) is 2.31. The molecular formula is C21H17F2N5O3. The Morgan fingerprint density at radius 3 is 2.71 bits per heavy atom. The maximum atomic E-state index is 12.5. The molecular weight excluding hydrogens is 408 g/mol. The van der Waals surface area contributed by atoms with Gasteiger partial charge in [0.2, 0.25) is 0 Å². The molecule has 1 aromatic heterocycles. The SMILES string of the molecule is N#Cc1cc(N)c(C=NCc2nn(CC=O)c(=O)c3ccccc23)cc1OCC(F)F. The summed E-state index contributed by atoms with van der Waals surface area (Å²) in [6.07, 6.45) is -0.714. The van der Waals surface area contributed by atoms with E-state index in [0.717, 1.165) is 4.68 Å². The van der Waals surface area contributed by atoms with Crippen LogP contribution in [-0.4, -0.2) is 35.3 Å². The van der Waals surface area contributed by atoms with Crippen molar-refractivity contribution in [3.05, 3.63) is 63.6 Å². The number of nitrogen functional groups attached to an aromatic ring is 1. The minimum absolute atomic E-state index is 0.0263. The summed E-state index contributed by atoms with van der Waals surface area (Å²) in [5.41, 5.74) is 6.63. The largest absolute Gasteiger partial charge is 0.486 e. The minimum atomic E-state index is -2.69. The maximum Gasteiger partial charge on any atom is 0.275 e. The molecule has 158 valence electrons. The smallest absolute Gasteiger partial charge is 0.275 e. The summed E-state index contributed by atoms with van der Waals surface area (Å²) in [6.45, 7) is -0.983. The fourth-order valence-electron chi connectivity index (χ4n) is 2.93. The Balaban J connectivity index is 1.93. The number of hydrogen-bond donors (Lipinski definition) is 1. The van der Waals surface area contributed by atoms with Crippen LogP contribution in [-0.2, 0) is 17.9 Å². The quantitative estimate of drug-likeness (QED) is 0.336. The molecule has 0 atom stereocenters. The van der Waals surface area contributed by atoms with E-state index in [4.69, 9.17) is 15.7 Å². The fraction of sp³-hybridized carbons (Fsp3) is 0.190. The van der Waals surface area contributed by atoms with E-state index >= 15 is 0 Å². The van der Waals surface area contributed by atoms with Crippen molar-refractivity contribution < 1.29 is 18.3 Å². The predicted molar refractivity (Wildman–Crippen MR) is 110 cm³/mol. The van der Waals surface area contributed by atoms with Gasteiger partial charge in [0.25, 0.3) is 12.0 Å². The molecule has 0 bridgehead atoms. The van der Waals surface area contributed by atoms with Crippen LogP contribution in [0.3, 0.4) is 0 Å². The molecule has 3 aromatic rings. The van der Waals surface area contributed by atoms with Crippen LogP contribution in [0.1, 0.15) is 16.8 Å². The number of carbonyl (C=O) groups is 1. The van der Waals surface area contributed by atoms with Gasteiger partial charge in [-0.15, -0.1) is 0 Å². The summed E-state index contributed by atoms with van der Waals surface area (Å²) in [4.78, 5) is 27.6. The number of nitrogens with zero attached hydrogens (tertiary/aromatic N) is 4. The van der Waals surface area contributed by atoms with E-state index < -0.39 is 13.0 Å². The number of nitriles is 1. The first-order valence-corrected chi connectivity index (χ1v) is 9.11. The molecule has 0 saturated carbocycles. The Morgan fingerprint density at radius 1 is 1.29 bits per heavy atom. The highest BCUT2D eigenvalue weighted by molar-refractivity contribution is 5.89. The number of carbonyl (C=O) groups excluding carboxylic acids is 1. The van der Waals surface area contributed by atoms with Crippen molar-refractivity contribution >= 4 is 29.0 Å². The van der Waals surface area contributed by atoms with Gasteiger partial charge in [-0.2, -0.15) is 10.4 Å². The minimum Gasteiger partial charge on any atom is -0.486 e. The van der Waals surface area contributed by atoms with Crippen LogP contribution in [0.4, 0.5) is 14.5 Å². The van der Waals surface area contributed by atoms with Crippen molar-refractivity contribution in [2.45, 2.75) is 19.5 Å². The van der Waals surface area contributed by atoms with Gasteiger partial charge in [-0.1, -0.05) is 18.2 Å². The number of alkyl halides is 2. The Bertz CT molecular complexity index is 1250. The first-order valence-electron chi connectivity index (χ1n) is 9.11. The molecule has 0 aliphatic carbocycles. The van der Waals surface area contributed by atoms with E-state index in [-0.39, 0.29) is 35.6 Å². The van der Waals surface area contributed by atoms with Crippen molar-refractivity contribution in [1.29, 1.82) is 5.26 Å². The van der Waals surface area contributed by atoms with Gasteiger partial charge in [-0.3, -0.25) is 9.79 Å². The van der Waals surface area contributed by atoms with Crippen LogP contribution in [0.25, 0.3) is 10.8 Å². The average molecular weight is 425 g/mol. The Kier molecular flexibility index (Phi) is 6.67. The van der Waals surface area contributed by atoms with Crippen molar-refractivity contribution in [3.8, 4) is 11.8 Å². The standard InChI is InChI=1S/C21H17F2N5O3/c22-20(23)12-31-19-8-14(17(25)7-13(19)9-24)10-26-11-18-15-3-1-2-4-16(15)21(30)28(27-18)5-6-29/h1-4,6-8,10,20H,5,11-12,25H2.